The Bertz CT molecular complexity index is 1910. The second-order valence-electron chi connectivity index (χ2n) is 16.8. The second-order valence-corrected chi connectivity index (χ2v) is 21.2. The average Bonchev–Trinajstić information content (AvgIpc) is 3.25. The van der Waals surface area contributed by atoms with Crippen LogP contribution in [0.3, 0.4) is 0 Å². The number of aryl methyl sites for hydroxylation is 6. The summed E-state index contributed by atoms with van der Waals surface area (Å²) in [7, 11) is -0.989. The van der Waals surface area contributed by atoms with Crippen molar-refractivity contribution in [3.05, 3.63) is 179 Å². The summed E-state index contributed by atoms with van der Waals surface area (Å²) in [6, 6.07) is 53.6. The minimum absolute atomic E-state index is 0. The number of aliphatic carboxylic acids is 2. The van der Waals surface area contributed by atoms with E-state index >= 15 is 0 Å². The summed E-state index contributed by atoms with van der Waals surface area (Å²) in [6.45, 7) is 17.3. The van der Waals surface area contributed by atoms with Crippen molar-refractivity contribution in [2.75, 3.05) is 0 Å². The van der Waals surface area contributed by atoms with Gasteiger partial charge in [0.1, 0.15) is 0 Å². The molecule has 0 aliphatic carbocycles. The zero-order chi connectivity index (χ0) is 46.7. The van der Waals surface area contributed by atoms with Crippen molar-refractivity contribution < 1.29 is 36.6 Å². The molecule has 0 bridgehead atoms. The van der Waals surface area contributed by atoms with Gasteiger partial charge in [-0.3, -0.25) is 0 Å². The molecule has 6 rings (SSSR count). The van der Waals surface area contributed by atoms with Crippen molar-refractivity contribution in [3.8, 4) is 0 Å². The largest absolute Gasteiger partial charge is 2.00 e. The maximum absolute atomic E-state index is 9.92. The van der Waals surface area contributed by atoms with Gasteiger partial charge in [0.2, 0.25) is 0 Å². The molecule has 4 nitrogen and oxygen atoms in total. The minimum atomic E-state index is -0.920. The number of hydrogen-bond acceptors (Lipinski definition) is 4. The molecule has 0 spiro atoms. The minimum Gasteiger partial charge on any atom is -0.550 e. The fourth-order valence-electron chi connectivity index (χ4n) is 7.24. The third-order valence-corrected chi connectivity index (χ3v) is 15.3. The molecule has 0 unspecified atom stereocenters. The molecule has 0 N–H and O–H groups in total. The molecule has 0 heterocycles. The summed E-state index contributed by atoms with van der Waals surface area (Å²) in [5.41, 5.74) is 7.95. The van der Waals surface area contributed by atoms with Crippen molar-refractivity contribution in [3.63, 3.8) is 0 Å². The third-order valence-electron chi connectivity index (χ3n) is 10.5. The van der Waals surface area contributed by atoms with Gasteiger partial charge in [-0.05, 0) is 115 Å². The molecule has 65 heavy (non-hydrogen) atoms. The smallest absolute Gasteiger partial charge is 0.550 e. The normalized spacial score (nSPS) is 10.4. The first kappa shape index (κ1) is 56.8. The number of carboxylic acids is 2. The SMILES string of the molecule is CCCCCCCC(=O)[O-].CCCCCCCC(=O)[O-].Cc1cccc(P(c2cccc(C)c2)c2cccc(C)c2)c1.Cc1cccc(P(c2cccc(C)c2)c2cccc(C)c2)c1.[Co+2]. The average molecular weight is 954 g/mol. The van der Waals surface area contributed by atoms with Gasteiger partial charge in [0.25, 0.3) is 0 Å². The molecule has 1 radical (unpaired) electrons. The van der Waals surface area contributed by atoms with Crippen LogP contribution in [0.25, 0.3) is 0 Å². The standard InChI is InChI=1S/2C21H21P.2C8H16O2.Co/c2*1-16-7-4-10-19(13-16)22(20-11-5-8-17(2)14-20)21-12-6-9-18(3)15-21;2*1-2-3-4-5-6-7-8(9)10;/h2*4-15H,1-3H3;2*2-7H2,1H3,(H,9,10);/q;;;;+2/p-2. The van der Waals surface area contributed by atoms with E-state index in [4.69, 9.17) is 0 Å². The molecule has 0 aromatic heterocycles. The van der Waals surface area contributed by atoms with E-state index in [0.717, 1.165) is 38.5 Å². The Morgan fingerprint density at radius 1 is 0.354 bits per heavy atom. The Labute approximate surface area is 405 Å². The molecular formula is C58H72CoO4P2. The summed E-state index contributed by atoms with van der Waals surface area (Å²) >= 11 is 0. The zero-order valence-electron chi connectivity index (χ0n) is 40.2. The number of benzene rings is 6. The van der Waals surface area contributed by atoms with Crippen LogP contribution in [0.15, 0.2) is 146 Å². The molecule has 0 fully saturated rings. The summed E-state index contributed by atoms with van der Waals surface area (Å²) < 4.78 is 0. The van der Waals surface area contributed by atoms with Gasteiger partial charge in [-0.25, -0.2) is 0 Å². The van der Waals surface area contributed by atoms with E-state index in [1.165, 1.54) is 90.9 Å². The van der Waals surface area contributed by atoms with Gasteiger partial charge in [-0.2, -0.15) is 0 Å². The van der Waals surface area contributed by atoms with Crippen LogP contribution in [0.1, 0.15) is 124 Å². The number of rotatable bonds is 18. The Morgan fingerprint density at radius 3 is 0.723 bits per heavy atom. The molecule has 0 aliphatic heterocycles. The predicted octanol–water partition coefficient (Wildman–Crippen LogP) is 10.9. The second kappa shape index (κ2) is 32.3. The number of hydrogen-bond donors (Lipinski definition) is 0. The monoisotopic (exact) mass is 953 g/mol. The van der Waals surface area contributed by atoms with Crippen molar-refractivity contribution in [1.29, 1.82) is 0 Å². The van der Waals surface area contributed by atoms with E-state index in [-0.39, 0.29) is 29.6 Å². The van der Waals surface area contributed by atoms with E-state index in [1.54, 1.807) is 0 Å². The Kier molecular flexibility index (Phi) is 28.2. The maximum atomic E-state index is 9.92. The topological polar surface area (TPSA) is 80.3 Å². The summed E-state index contributed by atoms with van der Waals surface area (Å²) in [5.74, 6) is -1.84. The van der Waals surface area contributed by atoms with Crippen LogP contribution in [-0.2, 0) is 26.4 Å². The number of carbonyl (C=O) groups is 2. The third kappa shape index (κ3) is 22.6. The summed E-state index contributed by atoms with van der Waals surface area (Å²) in [5, 5.41) is 28.4. The van der Waals surface area contributed by atoms with Gasteiger partial charge in [-0.1, -0.05) is 244 Å². The molecule has 0 atom stereocenters. The predicted molar refractivity (Wildman–Crippen MR) is 275 cm³/mol. The molecular weight excluding hydrogens is 882 g/mol. The van der Waals surface area contributed by atoms with Gasteiger partial charge in [0.05, 0.1) is 0 Å². The van der Waals surface area contributed by atoms with Crippen molar-refractivity contribution in [2.45, 2.75) is 132 Å². The molecule has 7 heteroatoms. The maximum Gasteiger partial charge on any atom is 2.00 e. The number of unbranched alkanes of at least 4 members (excludes halogenated alkanes) is 8. The van der Waals surface area contributed by atoms with Crippen LogP contribution in [-0.4, -0.2) is 11.9 Å². The van der Waals surface area contributed by atoms with Gasteiger partial charge in [-0.15, -0.1) is 0 Å². The fraction of sp³-hybridized carbons (Fsp3) is 0.345. The van der Waals surface area contributed by atoms with Crippen molar-refractivity contribution >= 4 is 59.6 Å². The van der Waals surface area contributed by atoms with E-state index in [2.05, 4.69) is 201 Å². The molecule has 0 saturated carbocycles. The van der Waals surface area contributed by atoms with Crippen LogP contribution >= 0.6 is 15.8 Å². The first-order valence-electron chi connectivity index (χ1n) is 23.2. The van der Waals surface area contributed by atoms with Gasteiger partial charge in [0.15, 0.2) is 0 Å². The molecule has 0 aliphatic rings. The number of carboxylic acid groups (broad SMARTS) is 2. The van der Waals surface area contributed by atoms with Gasteiger partial charge in [0, 0.05) is 11.9 Å². The molecule has 6 aromatic rings. The van der Waals surface area contributed by atoms with Crippen LogP contribution in [0, 0.1) is 41.5 Å². The Hall–Kier alpha value is -4.37. The van der Waals surface area contributed by atoms with Crippen molar-refractivity contribution in [2.24, 2.45) is 0 Å². The molecule has 6 aromatic carbocycles. The van der Waals surface area contributed by atoms with E-state index < -0.39 is 27.8 Å². The summed E-state index contributed by atoms with van der Waals surface area (Å²) in [6.07, 6.45) is 11.2. The van der Waals surface area contributed by atoms with E-state index in [0.29, 0.717) is 0 Å². The zero-order valence-corrected chi connectivity index (χ0v) is 43.0. The van der Waals surface area contributed by atoms with E-state index in [1.807, 2.05) is 0 Å². The Balaban J connectivity index is 0.000000318. The quantitative estimate of drug-likeness (QED) is 0.0635. The van der Waals surface area contributed by atoms with Gasteiger partial charge >= 0.3 is 16.8 Å². The fourth-order valence-corrected chi connectivity index (χ4v) is 12.4. The van der Waals surface area contributed by atoms with Crippen LogP contribution in [0.4, 0.5) is 0 Å². The van der Waals surface area contributed by atoms with E-state index in [9.17, 15) is 19.8 Å². The molecule has 347 valence electrons. The Morgan fingerprint density at radius 2 is 0.554 bits per heavy atom. The first-order chi connectivity index (χ1) is 30.8. The molecule has 0 amide bonds. The van der Waals surface area contributed by atoms with Crippen molar-refractivity contribution in [1.82, 2.24) is 0 Å². The molecule has 0 saturated heterocycles. The van der Waals surface area contributed by atoms with Gasteiger partial charge < -0.3 is 19.8 Å². The summed E-state index contributed by atoms with van der Waals surface area (Å²) in [4.78, 5) is 19.8. The van der Waals surface area contributed by atoms with Crippen LogP contribution in [0.5, 0.6) is 0 Å². The van der Waals surface area contributed by atoms with Crippen LogP contribution < -0.4 is 42.0 Å². The first-order valence-corrected chi connectivity index (χ1v) is 25.9. The van der Waals surface area contributed by atoms with Crippen LogP contribution in [0.2, 0.25) is 0 Å². The number of carbonyl (C=O) groups excluding carboxylic acids is 2.